The minimum atomic E-state index is -3.29. The summed E-state index contributed by atoms with van der Waals surface area (Å²) in [5.41, 5.74) is 1.67. The van der Waals surface area contributed by atoms with Crippen LogP contribution in [0, 0.1) is 6.92 Å². The minimum Gasteiger partial charge on any atom is -0.318 e. The molecule has 4 aromatic rings. The van der Waals surface area contributed by atoms with Crippen LogP contribution in [0.15, 0.2) is 47.7 Å². The standard InChI is InChI=1S/C22H20F2N6O2/c1-12-7-15(11-29(4)20(12)32)16-8-19(28-21(27-16)22(3,23)24)30-6-5-14-10-25-18(9-17(14)30)26-13(2)31/h5-11H,1-4H3,(H,25,26,31). The van der Waals surface area contributed by atoms with Crippen molar-refractivity contribution < 1.29 is 13.6 Å². The van der Waals surface area contributed by atoms with Crippen molar-refractivity contribution in [2.75, 3.05) is 5.32 Å². The van der Waals surface area contributed by atoms with Gasteiger partial charge in [-0.25, -0.2) is 15.0 Å². The van der Waals surface area contributed by atoms with Gasteiger partial charge in [-0.05, 0) is 19.1 Å². The van der Waals surface area contributed by atoms with Gasteiger partial charge in [0.25, 0.3) is 5.56 Å². The van der Waals surface area contributed by atoms with Gasteiger partial charge in [-0.15, -0.1) is 0 Å². The van der Waals surface area contributed by atoms with E-state index >= 15 is 0 Å². The van der Waals surface area contributed by atoms with Gasteiger partial charge < -0.3 is 14.5 Å². The first-order chi connectivity index (χ1) is 15.0. The van der Waals surface area contributed by atoms with Gasteiger partial charge in [0.2, 0.25) is 11.7 Å². The molecule has 0 fully saturated rings. The Kier molecular flexibility index (Phi) is 5.08. The van der Waals surface area contributed by atoms with Gasteiger partial charge in [-0.3, -0.25) is 9.59 Å². The molecule has 1 N–H and O–H groups in total. The molecule has 1 amide bonds. The lowest BCUT2D eigenvalue weighted by molar-refractivity contribution is -0.114. The van der Waals surface area contributed by atoms with Crippen LogP contribution in [-0.4, -0.2) is 30.0 Å². The van der Waals surface area contributed by atoms with Crippen LogP contribution in [0.2, 0.25) is 0 Å². The topological polar surface area (TPSA) is 94.7 Å². The second-order valence-electron chi connectivity index (χ2n) is 7.65. The average molecular weight is 438 g/mol. The number of aromatic nitrogens is 5. The zero-order valence-electron chi connectivity index (χ0n) is 17.8. The highest BCUT2D eigenvalue weighted by Gasteiger charge is 2.30. The Labute approximate surface area is 181 Å². The molecule has 0 aromatic carbocycles. The molecule has 4 rings (SSSR count). The highest BCUT2D eigenvalue weighted by atomic mass is 19.3. The summed E-state index contributed by atoms with van der Waals surface area (Å²) >= 11 is 0. The molecule has 0 saturated heterocycles. The van der Waals surface area contributed by atoms with Crippen LogP contribution in [0.1, 0.15) is 25.2 Å². The molecule has 0 aliphatic heterocycles. The van der Waals surface area contributed by atoms with E-state index in [1.54, 1.807) is 61.4 Å². The highest BCUT2D eigenvalue weighted by molar-refractivity contribution is 5.91. The fraction of sp³-hybridized carbons (Fsp3) is 0.227. The molecule has 4 heterocycles. The number of rotatable bonds is 4. The third-order valence-corrected chi connectivity index (χ3v) is 4.89. The summed E-state index contributed by atoms with van der Waals surface area (Å²) in [4.78, 5) is 35.8. The molecule has 0 unspecified atom stereocenters. The van der Waals surface area contributed by atoms with Crippen molar-refractivity contribution in [3.8, 4) is 17.1 Å². The van der Waals surface area contributed by atoms with Crippen molar-refractivity contribution in [1.29, 1.82) is 0 Å². The Morgan fingerprint density at radius 1 is 1.19 bits per heavy atom. The first-order valence-corrected chi connectivity index (χ1v) is 9.73. The average Bonchev–Trinajstić information content (AvgIpc) is 3.13. The minimum absolute atomic E-state index is 0.182. The lowest BCUT2D eigenvalue weighted by Crippen LogP contribution is -2.19. The lowest BCUT2D eigenvalue weighted by atomic mass is 10.1. The van der Waals surface area contributed by atoms with Crippen LogP contribution < -0.4 is 10.9 Å². The molecule has 164 valence electrons. The summed E-state index contributed by atoms with van der Waals surface area (Å²) in [6.45, 7) is 3.75. The van der Waals surface area contributed by atoms with Crippen molar-refractivity contribution in [3.05, 3.63) is 64.6 Å². The maximum atomic E-state index is 14.3. The van der Waals surface area contributed by atoms with Gasteiger partial charge in [0.05, 0.1) is 11.2 Å². The smallest absolute Gasteiger partial charge is 0.303 e. The Hall–Kier alpha value is -3.95. The summed E-state index contributed by atoms with van der Waals surface area (Å²) in [6, 6.07) is 6.59. The number of hydrogen-bond donors (Lipinski definition) is 1. The third kappa shape index (κ3) is 3.98. The number of carbonyl (C=O) groups excluding carboxylic acids is 1. The van der Waals surface area contributed by atoms with E-state index < -0.39 is 11.7 Å². The molecular weight excluding hydrogens is 418 g/mol. The molecule has 10 heteroatoms. The van der Waals surface area contributed by atoms with Crippen molar-refractivity contribution in [1.82, 2.24) is 24.1 Å². The van der Waals surface area contributed by atoms with E-state index in [0.717, 1.165) is 12.3 Å². The van der Waals surface area contributed by atoms with Crippen LogP contribution in [0.3, 0.4) is 0 Å². The van der Waals surface area contributed by atoms with Crippen molar-refractivity contribution in [2.45, 2.75) is 26.7 Å². The van der Waals surface area contributed by atoms with E-state index in [0.29, 0.717) is 22.5 Å². The zero-order chi connectivity index (χ0) is 23.2. The predicted molar refractivity (Wildman–Crippen MR) is 116 cm³/mol. The van der Waals surface area contributed by atoms with E-state index in [1.807, 2.05) is 0 Å². The van der Waals surface area contributed by atoms with E-state index in [9.17, 15) is 18.4 Å². The number of alkyl halides is 2. The summed E-state index contributed by atoms with van der Waals surface area (Å²) < 4.78 is 31.5. The Bertz CT molecular complexity index is 1390. The summed E-state index contributed by atoms with van der Waals surface area (Å²) in [5, 5.41) is 3.35. The van der Waals surface area contributed by atoms with E-state index in [2.05, 4.69) is 20.3 Å². The maximum Gasteiger partial charge on any atom is 0.303 e. The molecule has 4 aromatic heterocycles. The molecule has 0 atom stereocenters. The molecule has 0 radical (unpaired) electrons. The number of hydrogen-bond acceptors (Lipinski definition) is 5. The Morgan fingerprint density at radius 3 is 2.59 bits per heavy atom. The lowest BCUT2D eigenvalue weighted by Gasteiger charge is -2.15. The monoisotopic (exact) mass is 438 g/mol. The summed E-state index contributed by atoms with van der Waals surface area (Å²) in [5.74, 6) is -3.67. The number of anilines is 1. The van der Waals surface area contributed by atoms with Crippen LogP contribution >= 0.6 is 0 Å². The van der Waals surface area contributed by atoms with Crippen LogP contribution in [0.5, 0.6) is 0 Å². The first-order valence-electron chi connectivity index (χ1n) is 9.73. The number of carbonyl (C=O) groups is 1. The van der Waals surface area contributed by atoms with Crippen LogP contribution in [0.4, 0.5) is 14.6 Å². The Morgan fingerprint density at radius 2 is 1.94 bits per heavy atom. The molecular formula is C22H20F2N6O2. The molecule has 0 bridgehead atoms. The van der Waals surface area contributed by atoms with Gasteiger partial charge in [0.1, 0.15) is 11.6 Å². The quantitative estimate of drug-likeness (QED) is 0.526. The van der Waals surface area contributed by atoms with Gasteiger partial charge >= 0.3 is 5.92 Å². The number of aryl methyl sites for hydroxylation is 2. The number of fused-ring (bicyclic) bond motifs is 1. The molecule has 32 heavy (non-hydrogen) atoms. The molecule has 0 saturated carbocycles. The van der Waals surface area contributed by atoms with E-state index in [4.69, 9.17) is 0 Å². The number of halogens is 2. The number of nitrogens with one attached hydrogen (secondary N) is 1. The summed E-state index contributed by atoms with van der Waals surface area (Å²) in [7, 11) is 1.59. The highest BCUT2D eigenvalue weighted by Crippen LogP contribution is 2.29. The number of pyridine rings is 2. The maximum absolute atomic E-state index is 14.3. The van der Waals surface area contributed by atoms with Crippen LogP contribution in [-0.2, 0) is 17.8 Å². The molecule has 0 aliphatic rings. The molecule has 0 spiro atoms. The third-order valence-electron chi connectivity index (χ3n) is 4.89. The SMILES string of the molecule is CC(=O)Nc1cc2c(ccn2-c2cc(-c3cc(C)c(=O)n(C)c3)nc(C(C)(F)F)n2)cn1. The van der Waals surface area contributed by atoms with Crippen molar-refractivity contribution in [2.24, 2.45) is 7.05 Å². The fourth-order valence-electron chi connectivity index (χ4n) is 3.40. The zero-order valence-corrected chi connectivity index (χ0v) is 17.8. The van der Waals surface area contributed by atoms with Crippen LogP contribution in [0.25, 0.3) is 28.0 Å². The summed E-state index contributed by atoms with van der Waals surface area (Å²) in [6.07, 6.45) is 4.80. The second kappa shape index (κ2) is 7.63. The van der Waals surface area contributed by atoms with Crippen molar-refractivity contribution in [3.63, 3.8) is 0 Å². The van der Waals surface area contributed by atoms with E-state index in [-0.39, 0.29) is 23.0 Å². The predicted octanol–water partition coefficient (Wildman–Crippen LogP) is 3.56. The normalized spacial score (nSPS) is 11.7. The Balaban J connectivity index is 1.94. The molecule has 8 nitrogen and oxygen atoms in total. The largest absolute Gasteiger partial charge is 0.318 e. The number of amides is 1. The fourth-order valence-corrected chi connectivity index (χ4v) is 3.40. The molecule has 0 aliphatic carbocycles. The second-order valence-corrected chi connectivity index (χ2v) is 7.65. The van der Waals surface area contributed by atoms with Gasteiger partial charge in [-0.1, -0.05) is 0 Å². The van der Waals surface area contributed by atoms with Gasteiger partial charge in [0, 0.05) is 68.1 Å². The van der Waals surface area contributed by atoms with Gasteiger partial charge in [0.15, 0.2) is 0 Å². The number of nitrogens with zero attached hydrogens (tertiary/aromatic N) is 5. The first kappa shape index (κ1) is 21.3. The van der Waals surface area contributed by atoms with Crippen molar-refractivity contribution >= 4 is 22.6 Å². The van der Waals surface area contributed by atoms with E-state index in [1.165, 1.54) is 11.5 Å². The van der Waals surface area contributed by atoms with Gasteiger partial charge in [-0.2, -0.15) is 8.78 Å².